The molecule has 162 valence electrons. The van der Waals surface area contributed by atoms with Crippen molar-refractivity contribution in [3.63, 3.8) is 0 Å². The van der Waals surface area contributed by atoms with Gasteiger partial charge in [-0.05, 0) is 42.0 Å². The first-order valence-electron chi connectivity index (χ1n) is 10.4. The summed E-state index contributed by atoms with van der Waals surface area (Å²) in [5.74, 6) is 2.71. The SMILES string of the molecule is COc1ccc(OC)c(/C=C2\Oc3c(ccc4c3CN(Cc3ccccc3)CO4)C2=O)c1. The zero-order valence-electron chi connectivity index (χ0n) is 18.0. The molecule has 0 N–H and O–H groups in total. The number of carbonyl (C=O) groups excluding carboxylic acids is 1. The van der Waals surface area contributed by atoms with Gasteiger partial charge in [-0.25, -0.2) is 0 Å². The smallest absolute Gasteiger partial charge is 0.231 e. The molecular formula is C26H23NO5. The third kappa shape index (κ3) is 3.69. The molecule has 32 heavy (non-hydrogen) atoms. The normalized spacial score (nSPS) is 16.2. The van der Waals surface area contributed by atoms with Crippen LogP contribution in [0.2, 0.25) is 0 Å². The lowest BCUT2D eigenvalue weighted by Crippen LogP contribution is -2.31. The van der Waals surface area contributed by atoms with Crippen LogP contribution in [0.4, 0.5) is 0 Å². The van der Waals surface area contributed by atoms with Gasteiger partial charge in [-0.2, -0.15) is 0 Å². The zero-order chi connectivity index (χ0) is 22.1. The summed E-state index contributed by atoms with van der Waals surface area (Å²) < 4.78 is 22.8. The maximum absolute atomic E-state index is 13.1. The van der Waals surface area contributed by atoms with E-state index in [0.29, 0.717) is 41.7 Å². The molecule has 3 aromatic rings. The van der Waals surface area contributed by atoms with Gasteiger partial charge in [0.05, 0.1) is 25.3 Å². The minimum atomic E-state index is -0.159. The average molecular weight is 429 g/mol. The van der Waals surface area contributed by atoms with Gasteiger partial charge in [-0.1, -0.05) is 30.3 Å². The topological polar surface area (TPSA) is 57.2 Å². The molecular weight excluding hydrogens is 406 g/mol. The molecule has 0 radical (unpaired) electrons. The lowest BCUT2D eigenvalue weighted by atomic mass is 10.0. The van der Waals surface area contributed by atoms with Gasteiger partial charge in [0.1, 0.15) is 29.7 Å². The molecule has 2 heterocycles. The first kappa shape index (κ1) is 20.2. The summed E-state index contributed by atoms with van der Waals surface area (Å²) in [7, 11) is 3.18. The van der Waals surface area contributed by atoms with Crippen LogP contribution in [-0.4, -0.2) is 31.6 Å². The van der Waals surface area contributed by atoms with E-state index in [-0.39, 0.29) is 11.5 Å². The van der Waals surface area contributed by atoms with Gasteiger partial charge in [-0.15, -0.1) is 0 Å². The molecule has 3 aromatic carbocycles. The van der Waals surface area contributed by atoms with E-state index in [1.165, 1.54) is 5.56 Å². The second-order valence-electron chi connectivity index (χ2n) is 7.71. The molecule has 6 heteroatoms. The second-order valence-corrected chi connectivity index (χ2v) is 7.71. The quantitative estimate of drug-likeness (QED) is 0.550. The van der Waals surface area contributed by atoms with Crippen LogP contribution in [0.3, 0.4) is 0 Å². The highest BCUT2D eigenvalue weighted by atomic mass is 16.5. The Morgan fingerprint density at radius 2 is 1.88 bits per heavy atom. The lowest BCUT2D eigenvalue weighted by molar-refractivity contribution is 0.0873. The van der Waals surface area contributed by atoms with Crippen molar-refractivity contribution < 1.29 is 23.7 Å². The Hall–Kier alpha value is -3.77. The van der Waals surface area contributed by atoms with Gasteiger partial charge in [0, 0.05) is 18.7 Å². The predicted octanol–water partition coefficient (Wildman–Crippen LogP) is 4.67. The fourth-order valence-corrected chi connectivity index (χ4v) is 4.04. The number of ketones is 1. The molecule has 0 atom stereocenters. The molecule has 0 bridgehead atoms. The number of methoxy groups -OCH3 is 2. The first-order chi connectivity index (χ1) is 15.7. The van der Waals surface area contributed by atoms with Crippen LogP contribution in [0.1, 0.15) is 27.0 Å². The Kier molecular flexibility index (Phi) is 5.29. The van der Waals surface area contributed by atoms with E-state index in [2.05, 4.69) is 17.0 Å². The summed E-state index contributed by atoms with van der Waals surface area (Å²) in [4.78, 5) is 15.3. The van der Waals surface area contributed by atoms with Crippen LogP contribution >= 0.6 is 0 Å². The first-order valence-corrected chi connectivity index (χ1v) is 10.4. The number of nitrogens with zero attached hydrogens (tertiary/aromatic N) is 1. The van der Waals surface area contributed by atoms with Gasteiger partial charge in [0.25, 0.3) is 0 Å². The largest absolute Gasteiger partial charge is 0.497 e. The highest BCUT2D eigenvalue weighted by Crippen LogP contribution is 2.42. The van der Waals surface area contributed by atoms with Gasteiger partial charge in [-0.3, -0.25) is 9.69 Å². The van der Waals surface area contributed by atoms with Crippen molar-refractivity contribution in [2.75, 3.05) is 21.0 Å². The van der Waals surface area contributed by atoms with Gasteiger partial charge in [0.2, 0.25) is 5.78 Å². The summed E-state index contributed by atoms with van der Waals surface area (Å²) in [5.41, 5.74) is 3.34. The van der Waals surface area contributed by atoms with E-state index in [4.69, 9.17) is 18.9 Å². The number of Topliss-reactive ketones (excluding diaryl/α,β-unsaturated/α-hetero) is 1. The van der Waals surface area contributed by atoms with Crippen molar-refractivity contribution >= 4 is 11.9 Å². The third-order valence-corrected chi connectivity index (χ3v) is 5.65. The van der Waals surface area contributed by atoms with Crippen LogP contribution in [0, 0.1) is 0 Å². The number of ether oxygens (including phenoxy) is 4. The van der Waals surface area contributed by atoms with Crippen LogP contribution < -0.4 is 18.9 Å². The fourth-order valence-electron chi connectivity index (χ4n) is 4.04. The molecule has 5 rings (SSSR count). The zero-order valence-corrected chi connectivity index (χ0v) is 18.0. The molecule has 6 nitrogen and oxygen atoms in total. The molecule has 0 fully saturated rings. The Bertz CT molecular complexity index is 1200. The van der Waals surface area contributed by atoms with Crippen molar-refractivity contribution in [3.05, 3.63) is 88.7 Å². The summed E-state index contributed by atoms with van der Waals surface area (Å²) in [5, 5.41) is 0. The van der Waals surface area contributed by atoms with Crippen LogP contribution in [-0.2, 0) is 13.1 Å². The van der Waals surface area contributed by atoms with Crippen molar-refractivity contribution in [2.24, 2.45) is 0 Å². The van der Waals surface area contributed by atoms with E-state index >= 15 is 0 Å². The van der Waals surface area contributed by atoms with Crippen molar-refractivity contribution in [1.82, 2.24) is 4.90 Å². The van der Waals surface area contributed by atoms with E-state index in [1.54, 1.807) is 32.4 Å². The molecule has 0 aliphatic carbocycles. The summed E-state index contributed by atoms with van der Waals surface area (Å²) in [6.07, 6.45) is 1.70. The van der Waals surface area contributed by atoms with E-state index in [9.17, 15) is 4.79 Å². The van der Waals surface area contributed by atoms with E-state index in [0.717, 1.165) is 17.9 Å². The number of fused-ring (bicyclic) bond motifs is 3. The maximum Gasteiger partial charge on any atom is 0.231 e. The molecule has 0 amide bonds. The van der Waals surface area contributed by atoms with Crippen molar-refractivity contribution in [3.8, 4) is 23.0 Å². The minimum Gasteiger partial charge on any atom is -0.497 e. The fraction of sp³-hybridized carbons (Fsp3) is 0.192. The molecule has 2 aliphatic heterocycles. The van der Waals surface area contributed by atoms with Gasteiger partial charge >= 0.3 is 0 Å². The second kappa shape index (κ2) is 8.40. The minimum absolute atomic E-state index is 0.159. The summed E-state index contributed by atoms with van der Waals surface area (Å²) in [6.45, 7) is 1.87. The third-order valence-electron chi connectivity index (χ3n) is 5.65. The molecule has 0 spiro atoms. The lowest BCUT2D eigenvalue weighted by Gasteiger charge is -2.29. The number of carbonyl (C=O) groups is 1. The van der Waals surface area contributed by atoms with Crippen LogP contribution in [0.15, 0.2) is 66.4 Å². The summed E-state index contributed by atoms with van der Waals surface area (Å²) in [6, 6.07) is 19.3. The molecule has 0 unspecified atom stereocenters. The van der Waals surface area contributed by atoms with Gasteiger partial charge < -0.3 is 18.9 Å². The molecule has 0 saturated heterocycles. The van der Waals surface area contributed by atoms with E-state index < -0.39 is 0 Å². The van der Waals surface area contributed by atoms with Gasteiger partial charge in [0.15, 0.2) is 5.76 Å². The molecule has 0 saturated carbocycles. The van der Waals surface area contributed by atoms with Crippen molar-refractivity contribution in [1.29, 1.82) is 0 Å². The standard InChI is InChI=1S/C26H23NO5/c1-29-19-8-10-22(30-2)18(12-19)13-24-25(28)20-9-11-23-21(26(20)32-24)15-27(16-31-23)14-17-6-4-3-5-7-17/h3-13H,14-16H2,1-2H3/b24-13-. The van der Waals surface area contributed by atoms with Crippen molar-refractivity contribution in [2.45, 2.75) is 13.1 Å². The number of allylic oxidation sites excluding steroid dienone is 1. The number of hydrogen-bond acceptors (Lipinski definition) is 6. The van der Waals surface area contributed by atoms with Crippen LogP contribution in [0.25, 0.3) is 6.08 Å². The molecule has 0 aromatic heterocycles. The Labute approximate surface area is 186 Å². The Morgan fingerprint density at radius 3 is 2.66 bits per heavy atom. The van der Waals surface area contributed by atoms with Crippen LogP contribution in [0.5, 0.6) is 23.0 Å². The Morgan fingerprint density at radius 1 is 1.03 bits per heavy atom. The highest BCUT2D eigenvalue weighted by molar-refractivity contribution is 6.15. The highest BCUT2D eigenvalue weighted by Gasteiger charge is 2.33. The summed E-state index contributed by atoms with van der Waals surface area (Å²) >= 11 is 0. The predicted molar refractivity (Wildman–Crippen MR) is 120 cm³/mol. The van der Waals surface area contributed by atoms with E-state index in [1.807, 2.05) is 36.4 Å². The number of hydrogen-bond donors (Lipinski definition) is 0. The Balaban J connectivity index is 1.45. The number of benzene rings is 3. The average Bonchev–Trinajstić information content (AvgIpc) is 3.15. The number of rotatable bonds is 5. The maximum atomic E-state index is 13.1. The monoisotopic (exact) mass is 429 g/mol. The molecule has 2 aliphatic rings.